The molecule has 10 heteroatoms. The smallest absolute Gasteiger partial charge is 0.271 e. The zero-order valence-electron chi connectivity index (χ0n) is 16.7. The number of halogens is 1. The number of amides is 2. The Kier molecular flexibility index (Phi) is 6.57. The minimum absolute atomic E-state index is 0.00548. The summed E-state index contributed by atoms with van der Waals surface area (Å²) >= 11 is 5.79. The first-order chi connectivity index (χ1) is 14.7. The van der Waals surface area contributed by atoms with Crippen LogP contribution in [0.5, 0.6) is 0 Å². The summed E-state index contributed by atoms with van der Waals surface area (Å²) in [6, 6.07) is 13.9. The van der Waals surface area contributed by atoms with Crippen molar-refractivity contribution in [3.05, 3.63) is 88.2 Å². The van der Waals surface area contributed by atoms with E-state index in [9.17, 15) is 18.0 Å². The summed E-state index contributed by atoms with van der Waals surface area (Å²) in [7, 11) is -2.34. The number of hydrogen-bond acceptors (Lipinski definition) is 5. The van der Waals surface area contributed by atoms with Crippen molar-refractivity contribution in [1.29, 1.82) is 0 Å². The highest BCUT2D eigenvalue weighted by atomic mass is 35.5. The monoisotopic (exact) mass is 458 g/mol. The van der Waals surface area contributed by atoms with Gasteiger partial charge in [0.05, 0.1) is 22.4 Å². The number of carbonyl (C=O) groups is 2. The summed E-state index contributed by atoms with van der Waals surface area (Å²) in [5.41, 5.74) is 4.27. The van der Waals surface area contributed by atoms with Crippen molar-refractivity contribution in [3.63, 3.8) is 0 Å². The van der Waals surface area contributed by atoms with Crippen LogP contribution in [0, 0.1) is 6.92 Å². The lowest BCUT2D eigenvalue weighted by molar-refractivity contribution is 0.0952. The van der Waals surface area contributed by atoms with Crippen LogP contribution in [0.3, 0.4) is 0 Å². The van der Waals surface area contributed by atoms with Crippen molar-refractivity contribution in [2.24, 2.45) is 12.1 Å². The summed E-state index contributed by atoms with van der Waals surface area (Å²) < 4.78 is 28.4. The van der Waals surface area contributed by atoms with Gasteiger partial charge in [0.2, 0.25) is 0 Å². The SMILES string of the molecule is Cc1ccc(S(=O)(=O)NC(=O)c2cc(/C=N/NC(=O)c3ccc(Cl)cc3)n(C)c2)cc1. The predicted molar refractivity (Wildman–Crippen MR) is 118 cm³/mol. The first-order valence-corrected chi connectivity index (χ1v) is 10.9. The molecule has 1 aromatic heterocycles. The van der Waals surface area contributed by atoms with Gasteiger partial charge in [-0.3, -0.25) is 9.59 Å². The average molecular weight is 459 g/mol. The minimum Gasteiger partial charge on any atom is -0.349 e. The number of aromatic nitrogens is 1. The Morgan fingerprint density at radius 1 is 1.00 bits per heavy atom. The van der Waals surface area contributed by atoms with Crippen LogP contribution in [0.15, 0.2) is 70.8 Å². The van der Waals surface area contributed by atoms with Crippen LogP contribution in [0.4, 0.5) is 0 Å². The van der Waals surface area contributed by atoms with E-state index in [0.29, 0.717) is 16.3 Å². The number of nitrogens with zero attached hydrogens (tertiary/aromatic N) is 2. The van der Waals surface area contributed by atoms with Gasteiger partial charge in [0.15, 0.2) is 0 Å². The van der Waals surface area contributed by atoms with E-state index in [4.69, 9.17) is 11.6 Å². The Bertz CT molecular complexity index is 1250. The van der Waals surface area contributed by atoms with Gasteiger partial charge in [0.1, 0.15) is 0 Å². The van der Waals surface area contributed by atoms with Crippen LogP contribution in [0.2, 0.25) is 5.02 Å². The van der Waals surface area contributed by atoms with Crippen molar-refractivity contribution >= 4 is 39.7 Å². The highest BCUT2D eigenvalue weighted by Gasteiger charge is 2.20. The predicted octanol–water partition coefficient (Wildman–Crippen LogP) is 2.87. The number of nitrogens with one attached hydrogen (secondary N) is 2. The first-order valence-electron chi connectivity index (χ1n) is 9.05. The molecule has 2 N–H and O–H groups in total. The van der Waals surface area contributed by atoms with Crippen molar-refractivity contribution in [1.82, 2.24) is 14.7 Å². The Labute approximate surface area is 184 Å². The molecule has 31 heavy (non-hydrogen) atoms. The van der Waals surface area contributed by atoms with E-state index in [1.165, 1.54) is 30.6 Å². The molecule has 0 saturated carbocycles. The van der Waals surface area contributed by atoms with Gasteiger partial charge in [-0.1, -0.05) is 29.3 Å². The molecule has 0 aliphatic rings. The molecule has 1 heterocycles. The van der Waals surface area contributed by atoms with E-state index in [1.54, 1.807) is 48.0 Å². The fourth-order valence-corrected chi connectivity index (χ4v) is 3.71. The van der Waals surface area contributed by atoms with Gasteiger partial charge in [-0.15, -0.1) is 0 Å². The molecule has 0 fully saturated rings. The van der Waals surface area contributed by atoms with Crippen LogP contribution >= 0.6 is 11.6 Å². The molecule has 8 nitrogen and oxygen atoms in total. The first kappa shape index (κ1) is 22.3. The quantitative estimate of drug-likeness (QED) is 0.437. The van der Waals surface area contributed by atoms with E-state index in [1.807, 2.05) is 11.6 Å². The molecule has 0 aliphatic carbocycles. The minimum atomic E-state index is -4.00. The second kappa shape index (κ2) is 9.15. The van der Waals surface area contributed by atoms with Gasteiger partial charge in [-0.2, -0.15) is 5.10 Å². The van der Waals surface area contributed by atoms with E-state index < -0.39 is 21.8 Å². The molecular weight excluding hydrogens is 440 g/mol. The standard InChI is InChI=1S/C21H19ClN4O4S/c1-14-3-9-19(10-4-14)31(29,30)25-21(28)16-11-18(26(2)13-16)12-23-24-20(27)15-5-7-17(22)8-6-15/h3-13H,1-2H3,(H,24,27)(H,25,28)/b23-12+. The summed E-state index contributed by atoms with van der Waals surface area (Å²) in [5, 5.41) is 4.39. The molecule has 3 aromatic rings. The van der Waals surface area contributed by atoms with E-state index >= 15 is 0 Å². The topological polar surface area (TPSA) is 110 Å². The van der Waals surface area contributed by atoms with Crippen LogP contribution in [0.25, 0.3) is 0 Å². The number of hydrogen-bond donors (Lipinski definition) is 2. The third kappa shape index (κ3) is 5.59. The highest BCUT2D eigenvalue weighted by Crippen LogP contribution is 2.12. The van der Waals surface area contributed by atoms with Crippen LogP contribution in [0.1, 0.15) is 32.0 Å². The second-order valence-electron chi connectivity index (χ2n) is 6.72. The Morgan fingerprint density at radius 3 is 2.29 bits per heavy atom. The van der Waals surface area contributed by atoms with Crippen LogP contribution in [-0.2, 0) is 17.1 Å². The number of benzene rings is 2. The molecule has 0 unspecified atom stereocenters. The van der Waals surface area contributed by atoms with Gasteiger partial charge in [0.25, 0.3) is 21.8 Å². The summed E-state index contributed by atoms with van der Waals surface area (Å²) in [5.74, 6) is -1.20. The normalized spacial score (nSPS) is 11.5. The van der Waals surface area contributed by atoms with Gasteiger partial charge >= 0.3 is 0 Å². The maximum absolute atomic E-state index is 12.4. The zero-order chi connectivity index (χ0) is 22.6. The molecule has 0 atom stereocenters. The lowest BCUT2D eigenvalue weighted by Gasteiger charge is -2.06. The van der Waals surface area contributed by atoms with Crippen LogP contribution in [-0.4, -0.2) is 31.0 Å². The maximum atomic E-state index is 12.4. The second-order valence-corrected chi connectivity index (χ2v) is 8.84. The Morgan fingerprint density at radius 2 is 1.65 bits per heavy atom. The van der Waals surface area contributed by atoms with E-state index in [-0.39, 0.29) is 10.5 Å². The molecule has 0 radical (unpaired) electrons. The number of hydrazone groups is 1. The molecule has 0 aliphatic heterocycles. The average Bonchev–Trinajstić information content (AvgIpc) is 3.09. The lowest BCUT2D eigenvalue weighted by Crippen LogP contribution is -2.30. The van der Waals surface area contributed by atoms with E-state index in [2.05, 4.69) is 10.5 Å². The molecule has 0 saturated heterocycles. The Balaban J connectivity index is 1.67. The zero-order valence-corrected chi connectivity index (χ0v) is 18.2. The van der Waals surface area contributed by atoms with Gasteiger partial charge in [-0.25, -0.2) is 18.6 Å². The summed E-state index contributed by atoms with van der Waals surface area (Å²) in [6.45, 7) is 1.83. The fourth-order valence-electron chi connectivity index (χ4n) is 2.61. The van der Waals surface area contributed by atoms with Gasteiger partial charge in [-0.05, 0) is 49.4 Å². The molecular formula is C21H19ClN4O4S. The van der Waals surface area contributed by atoms with Crippen molar-refractivity contribution in [2.45, 2.75) is 11.8 Å². The number of sulfonamides is 1. The molecule has 3 rings (SSSR count). The summed E-state index contributed by atoms with van der Waals surface area (Å²) in [6.07, 6.45) is 2.81. The number of carbonyl (C=O) groups excluding carboxylic acids is 2. The fraction of sp³-hybridized carbons (Fsp3) is 0.0952. The molecule has 0 spiro atoms. The van der Waals surface area contributed by atoms with Crippen LogP contribution < -0.4 is 10.1 Å². The van der Waals surface area contributed by atoms with Crippen molar-refractivity contribution in [3.8, 4) is 0 Å². The number of aryl methyl sites for hydroxylation is 2. The van der Waals surface area contributed by atoms with E-state index in [0.717, 1.165) is 5.56 Å². The lowest BCUT2D eigenvalue weighted by atomic mass is 10.2. The van der Waals surface area contributed by atoms with Crippen molar-refractivity contribution in [2.75, 3.05) is 0 Å². The maximum Gasteiger partial charge on any atom is 0.271 e. The number of rotatable bonds is 6. The summed E-state index contributed by atoms with van der Waals surface area (Å²) in [4.78, 5) is 24.5. The third-order valence-corrected chi connectivity index (χ3v) is 5.93. The molecule has 160 valence electrons. The van der Waals surface area contributed by atoms with Crippen molar-refractivity contribution < 1.29 is 18.0 Å². The molecule has 2 aromatic carbocycles. The van der Waals surface area contributed by atoms with Gasteiger partial charge < -0.3 is 4.57 Å². The third-order valence-electron chi connectivity index (χ3n) is 4.33. The molecule has 2 amide bonds. The highest BCUT2D eigenvalue weighted by molar-refractivity contribution is 7.90. The largest absolute Gasteiger partial charge is 0.349 e. The van der Waals surface area contributed by atoms with Gasteiger partial charge in [0, 0.05) is 23.8 Å². The molecule has 0 bridgehead atoms. The Hall–Kier alpha value is -3.43.